The maximum absolute atomic E-state index is 13.4. The maximum Gasteiger partial charge on any atom is 0.280 e. The van der Waals surface area contributed by atoms with Gasteiger partial charge in [-0.3, -0.25) is 9.59 Å². The summed E-state index contributed by atoms with van der Waals surface area (Å²) in [6, 6.07) is 11.7. The summed E-state index contributed by atoms with van der Waals surface area (Å²) in [7, 11) is 1.61. The smallest absolute Gasteiger partial charge is 0.280 e. The van der Waals surface area contributed by atoms with Gasteiger partial charge in [-0.05, 0) is 44.5 Å². The summed E-state index contributed by atoms with van der Waals surface area (Å²) in [4.78, 5) is 25.8. The highest BCUT2D eigenvalue weighted by Gasteiger charge is 2.22. The van der Waals surface area contributed by atoms with E-state index in [-0.39, 0.29) is 18.0 Å². The number of aromatic nitrogens is 5. The number of ether oxygens (including phenoxy) is 1. The van der Waals surface area contributed by atoms with Gasteiger partial charge in [0.15, 0.2) is 5.82 Å². The third-order valence-corrected chi connectivity index (χ3v) is 5.19. The van der Waals surface area contributed by atoms with E-state index in [0.29, 0.717) is 42.0 Å². The number of aryl methyl sites for hydroxylation is 2. The molecule has 0 aliphatic carbocycles. The Morgan fingerprint density at radius 2 is 1.81 bits per heavy atom. The third-order valence-electron chi connectivity index (χ3n) is 5.19. The van der Waals surface area contributed by atoms with Crippen molar-refractivity contribution < 1.29 is 9.53 Å². The van der Waals surface area contributed by atoms with E-state index in [2.05, 4.69) is 10.4 Å². The SMILES string of the molecule is COCCCNC(=O)Cn1nc(C)c2nn(-c3ccc(C)cc3)c(-n3cccc3)c2c1=O. The van der Waals surface area contributed by atoms with E-state index >= 15 is 0 Å². The predicted molar refractivity (Wildman–Crippen MR) is 121 cm³/mol. The molecule has 0 spiro atoms. The third kappa shape index (κ3) is 4.19. The molecule has 3 heterocycles. The highest BCUT2D eigenvalue weighted by molar-refractivity contribution is 5.88. The predicted octanol–water partition coefficient (Wildman–Crippen LogP) is 2.14. The molecule has 3 aromatic heterocycles. The van der Waals surface area contributed by atoms with E-state index in [1.165, 1.54) is 4.68 Å². The zero-order chi connectivity index (χ0) is 22.7. The Labute approximate surface area is 185 Å². The molecule has 9 nitrogen and oxygen atoms in total. The Hall–Kier alpha value is -3.72. The molecule has 166 valence electrons. The first-order valence-electron chi connectivity index (χ1n) is 10.5. The average molecular weight is 435 g/mol. The Bertz CT molecular complexity index is 1290. The van der Waals surface area contributed by atoms with Gasteiger partial charge in [0.25, 0.3) is 5.56 Å². The van der Waals surface area contributed by atoms with Crippen LogP contribution in [-0.2, 0) is 16.1 Å². The lowest BCUT2D eigenvalue weighted by Crippen LogP contribution is -2.34. The van der Waals surface area contributed by atoms with Crippen LogP contribution in [0.25, 0.3) is 22.4 Å². The van der Waals surface area contributed by atoms with Crippen LogP contribution < -0.4 is 10.9 Å². The number of nitrogens with one attached hydrogen (secondary N) is 1. The molecule has 0 saturated carbocycles. The van der Waals surface area contributed by atoms with Gasteiger partial charge in [-0.25, -0.2) is 9.36 Å². The fourth-order valence-electron chi connectivity index (χ4n) is 3.59. The van der Waals surface area contributed by atoms with Gasteiger partial charge in [-0.1, -0.05) is 17.7 Å². The van der Waals surface area contributed by atoms with E-state index in [0.717, 1.165) is 11.3 Å². The van der Waals surface area contributed by atoms with Crippen LogP contribution in [0.2, 0.25) is 0 Å². The Kier molecular flexibility index (Phi) is 6.18. The molecule has 0 saturated heterocycles. The lowest BCUT2D eigenvalue weighted by molar-refractivity contribution is -0.121. The fraction of sp³-hybridized carbons (Fsp3) is 0.304. The van der Waals surface area contributed by atoms with Gasteiger partial charge < -0.3 is 14.6 Å². The van der Waals surface area contributed by atoms with Gasteiger partial charge in [-0.2, -0.15) is 10.2 Å². The van der Waals surface area contributed by atoms with Crippen LogP contribution in [0.5, 0.6) is 0 Å². The minimum absolute atomic E-state index is 0.163. The molecule has 0 atom stereocenters. The zero-order valence-electron chi connectivity index (χ0n) is 18.4. The highest BCUT2D eigenvalue weighted by Crippen LogP contribution is 2.24. The van der Waals surface area contributed by atoms with Gasteiger partial charge in [0.05, 0.1) is 11.4 Å². The molecule has 4 aromatic rings. The van der Waals surface area contributed by atoms with Crippen LogP contribution in [0.4, 0.5) is 0 Å². The topological polar surface area (TPSA) is 96.0 Å². The Balaban J connectivity index is 1.81. The van der Waals surface area contributed by atoms with E-state index < -0.39 is 0 Å². The minimum atomic E-state index is -0.361. The summed E-state index contributed by atoms with van der Waals surface area (Å²) in [6.45, 7) is 4.68. The van der Waals surface area contributed by atoms with Crippen molar-refractivity contribution in [2.45, 2.75) is 26.8 Å². The fourth-order valence-corrected chi connectivity index (χ4v) is 3.59. The number of fused-ring (bicyclic) bond motifs is 1. The second-order valence-corrected chi connectivity index (χ2v) is 7.63. The average Bonchev–Trinajstić information content (AvgIpc) is 3.43. The first-order valence-corrected chi connectivity index (χ1v) is 10.5. The molecule has 0 aliphatic heterocycles. The quantitative estimate of drug-likeness (QED) is 0.429. The molecule has 32 heavy (non-hydrogen) atoms. The molecule has 9 heteroatoms. The lowest BCUT2D eigenvalue weighted by Gasteiger charge is -2.10. The van der Waals surface area contributed by atoms with Gasteiger partial charge >= 0.3 is 0 Å². The van der Waals surface area contributed by atoms with E-state index in [4.69, 9.17) is 9.84 Å². The summed E-state index contributed by atoms with van der Waals surface area (Å²) in [5.74, 6) is 0.335. The maximum atomic E-state index is 13.4. The minimum Gasteiger partial charge on any atom is -0.385 e. The Morgan fingerprint density at radius 3 is 2.50 bits per heavy atom. The van der Waals surface area contributed by atoms with Gasteiger partial charge in [0.1, 0.15) is 17.4 Å². The molecule has 0 unspecified atom stereocenters. The highest BCUT2D eigenvalue weighted by atomic mass is 16.5. The summed E-state index contributed by atoms with van der Waals surface area (Å²) in [5, 5.41) is 12.3. The van der Waals surface area contributed by atoms with Crippen molar-refractivity contribution >= 4 is 16.8 Å². The van der Waals surface area contributed by atoms with Crippen molar-refractivity contribution in [2.75, 3.05) is 20.3 Å². The molecule has 0 bridgehead atoms. The molecule has 4 rings (SSSR count). The van der Waals surface area contributed by atoms with E-state index in [1.54, 1.807) is 18.7 Å². The second kappa shape index (κ2) is 9.19. The van der Waals surface area contributed by atoms with Crippen LogP contribution in [0, 0.1) is 13.8 Å². The molecule has 1 N–H and O–H groups in total. The molecule has 0 aliphatic rings. The zero-order valence-corrected chi connectivity index (χ0v) is 18.4. The van der Waals surface area contributed by atoms with Crippen LogP contribution in [0.3, 0.4) is 0 Å². The standard InChI is InChI=1S/C23H26N6O3/c1-16-7-9-18(10-8-16)29-22(27-12-4-5-13-27)20-21(26-29)17(2)25-28(23(20)31)15-19(30)24-11-6-14-32-3/h4-5,7-10,12-13H,6,11,14-15H2,1-3H3,(H,24,30). The van der Waals surface area contributed by atoms with Crippen molar-refractivity contribution in [3.05, 3.63) is 70.4 Å². The monoisotopic (exact) mass is 434 g/mol. The van der Waals surface area contributed by atoms with Crippen molar-refractivity contribution in [3.8, 4) is 11.5 Å². The van der Waals surface area contributed by atoms with Crippen molar-refractivity contribution in [1.82, 2.24) is 29.4 Å². The summed E-state index contributed by atoms with van der Waals surface area (Å²) in [6.07, 6.45) is 4.43. The van der Waals surface area contributed by atoms with E-state index in [9.17, 15) is 9.59 Å². The number of hydrogen-bond acceptors (Lipinski definition) is 5. The number of nitrogens with zero attached hydrogens (tertiary/aromatic N) is 5. The van der Waals surface area contributed by atoms with Crippen LogP contribution in [0.1, 0.15) is 17.7 Å². The van der Waals surface area contributed by atoms with Crippen LogP contribution in [-0.4, -0.2) is 50.3 Å². The molecule has 1 amide bonds. The molecular weight excluding hydrogens is 408 g/mol. The van der Waals surface area contributed by atoms with Gasteiger partial charge in [0, 0.05) is 32.7 Å². The molecular formula is C23H26N6O3. The number of rotatable bonds is 8. The molecule has 0 fully saturated rings. The van der Waals surface area contributed by atoms with Crippen LogP contribution in [0.15, 0.2) is 53.6 Å². The van der Waals surface area contributed by atoms with E-state index in [1.807, 2.05) is 60.3 Å². The normalized spacial score (nSPS) is 11.2. The Morgan fingerprint density at radius 1 is 1.09 bits per heavy atom. The number of carbonyl (C=O) groups excluding carboxylic acids is 1. The number of amides is 1. The molecule has 1 aromatic carbocycles. The number of benzene rings is 1. The number of hydrogen-bond donors (Lipinski definition) is 1. The first-order chi connectivity index (χ1) is 15.5. The van der Waals surface area contributed by atoms with Crippen molar-refractivity contribution in [2.24, 2.45) is 0 Å². The van der Waals surface area contributed by atoms with Crippen molar-refractivity contribution in [1.29, 1.82) is 0 Å². The first kappa shape index (κ1) is 21.5. The summed E-state index contributed by atoms with van der Waals surface area (Å²) in [5.41, 5.74) is 2.68. The second-order valence-electron chi connectivity index (χ2n) is 7.63. The van der Waals surface area contributed by atoms with Crippen molar-refractivity contribution in [3.63, 3.8) is 0 Å². The number of methoxy groups -OCH3 is 1. The summed E-state index contributed by atoms with van der Waals surface area (Å²) < 4.78 is 9.79. The van der Waals surface area contributed by atoms with Crippen LogP contribution >= 0.6 is 0 Å². The summed E-state index contributed by atoms with van der Waals surface area (Å²) >= 11 is 0. The largest absolute Gasteiger partial charge is 0.385 e. The lowest BCUT2D eigenvalue weighted by atomic mass is 10.2. The molecule has 0 radical (unpaired) electrons. The van der Waals surface area contributed by atoms with Gasteiger partial charge in [0.2, 0.25) is 5.91 Å². The number of carbonyl (C=O) groups is 1. The van der Waals surface area contributed by atoms with Gasteiger partial charge in [-0.15, -0.1) is 0 Å².